The molecule has 2 saturated heterocycles. The average Bonchev–Trinajstić information content (AvgIpc) is 2.84. The van der Waals surface area contributed by atoms with Crippen LogP contribution in [0, 0.1) is 5.41 Å². The molecule has 3 fully saturated rings. The van der Waals surface area contributed by atoms with Gasteiger partial charge in [-0.05, 0) is 31.2 Å². The van der Waals surface area contributed by atoms with Crippen molar-refractivity contribution in [2.75, 3.05) is 37.7 Å². The van der Waals surface area contributed by atoms with E-state index in [0.717, 1.165) is 11.5 Å². The fourth-order valence-electron chi connectivity index (χ4n) is 2.82. The quantitative estimate of drug-likeness (QED) is 0.740. The summed E-state index contributed by atoms with van der Waals surface area (Å²) in [6.07, 6.45) is 4.50. The molecule has 1 saturated carbocycles. The Kier molecular flexibility index (Phi) is 2.50. The highest BCUT2D eigenvalue weighted by atomic mass is 32.2. The van der Waals surface area contributed by atoms with E-state index < -0.39 is 0 Å². The molecule has 0 amide bonds. The van der Waals surface area contributed by atoms with Gasteiger partial charge in [-0.25, -0.2) is 0 Å². The Morgan fingerprint density at radius 3 is 2.93 bits per heavy atom. The van der Waals surface area contributed by atoms with E-state index in [0.29, 0.717) is 0 Å². The monoisotopic (exact) mass is 212 g/mol. The van der Waals surface area contributed by atoms with Gasteiger partial charge in [0.25, 0.3) is 0 Å². The van der Waals surface area contributed by atoms with Crippen molar-refractivity contribution in [2.45, 2.75) is 25.3 Å². The van der Waals surface area contributed by atoms with E-state index in [1.807, 2.05) is 0 Å². The molecule has 0 radical (unpaired) electrons. The lowest BCUT2D eigenvalue weighted by molar-refractivity contribution is 0.287. The number of hydrogen-bond acceptors (Lipinski definition) is 3. The minimum atomic E-state index is 0.766. The van der Waals surface area contributed by atoms with Crippen molar-refractivity contribution in [3.63, 3.8) is 0 Å². The molecule has 3 aliphatic rings. The van der Waals surface area contributed by atoms with Crippen LogP contribution in [0.1, 0.15) is 19.3 Å². The summed E-state index contributed by atoms with van der Waals surface area (Å²) < 4.78 is 0. The maximum absolute atomic E-state index is 3.63. The van der Waals surface area contributed by atoms with Gasteiger partial charge in [-0.15, -0.1) is 0 Å². The maximum atomic E-state index is 3.63. The number of rotatable bonds is 2. The molecule has 0 aromatic heterocycles. The van der Waals surface area contributed by atoms with Crippen molar-refractivity contribution >= 4 is 11.8 Å². The lowest BCUT2D eigenvalue weighted by atomic mass is 10.1. The first-order chi connectivity index (χ1) is 6.86. The van der Waals surface area contributed by atoms with Gasteiger partial charge in [0.15, 0.2) is 0 Å². The number of hydrogen-bond donors (Lipinski definition) is 1. The molecular weight excluding hydrogens is 192 g/mol. The van der Waals surface area contributed by atoms with Gasteiger partial charge in [0.2, 0.25) is 0 Å². The molecule has 0 bridgehead atoms. The predicted octanol–water partition coefficient (Wildman–Crippen LogP) is 1.18. The molecule has 1 unspecified atom stereocenters. The standard InChI is InChI=1S/C11H20N2S/c1-2-11(1)3-5-13(9-11)7-10-8-14-6-4-12-10/h10,12H,1-9H2. The molecule has 3 rings (SSSR count). The van der Waals surface area contributed by atoms with E-state index in [1.165, 1.54) is 56.9 Å². The Morgan fingerprint density at radius 1 is 1.36 bits per heavy atom. The molecule has 0 aromatic rings. The summed E-state index contributed by atoms with van der Waals surface area (Å²) in [7, 11) is 0. The van der Waals surface area contributed by atoms with Gasteiger partial charge in [0.05, 0.1) is 0 Å². The van der Waals surface area contributed by atoms with Crippen LogP contribution in [0.5, 0.6) is 0 Å². The van der Waals surface area contributed by atoms with Crippen molar-refractivity contribution in [2.24, 2.45) is 5.41 Å². The molecule has 2 nitrogen and oxygen atoms in total. The zero-order chi connectivity index (χ0) is 9.43. The number of thioether (sulfide) groups is 1. The van der Waals surface area contributed by atoms with Gasteiger partial charge in [0, 0.05) is 37.2 Å². The predicted molar refractivity (Wildman–Crippen MR) is 61.8 cm³/mol. The molecular formula is C11H20N2S. The molecule has 1 aliphatic carbocycles. The van der Waals surface area contributed by atoms with Crippen molar-refractivity contribution in [1.82, 2.24) is 10.2 Å². The SMILES string of the molecule is C1CSCC(CN2CCC3(CC3)C2)N1. The summed E-state index contributed by atoms with van der Waals surface area (Å²) in [6, 6.07) is 0.766. The minimum absolute atomic E-state index is 0.766. The van der Waals surface area contributed by atoms with E-state index >= 15 is 0 Å². The van der Waals surface area contributed by atoms with E-state index in [2.05, 4.69) is 22.0 Å². The van der Waals surface area contributed by atoms with Crippen LogP contribution in [0.2, 0.25) is 0 Å². The second-order valence-corrected chi connectivity index (χ2v) is 6.36. The number of nitrogens with one attached hydrogen (secondary N) is 1. The highest BCUT2D eigenvalue weighted by Gasteiger charge is 2.47. The first-order valence-corrected chi connectivity index (χ1v) is 7.05. The van der Waals surface area contributed by atoms with E-state index in [4.69, 9.17) is 0 Å². The fourth-order valence-corrected chi connectivity index (χ4v) is 3.75. The normalized spacial score (nSPS) is 36.4. The van der Waals surface area contributed by atoms with Gasteiger partial charge in [0.1, 0.15) is 0 Å². The van der Waals surface area contributed by atoms with Crippen molar-refractivity contribution in [3.05, 3.63) is 0 Å². The summed E-state index contributed by atoms with van der Waals surface area (Å²) in [5.74, 6) is 2.63. The summed E-state index contributed by atoms with van der Waals surface area (Å²) >= 11 is 2.11. The summed E-state index contributed by atoms with van der Waals surface area (Å²) in [6.45, 7) is 5.28. The Labute approximate surface area is 90.8 Å². The molecule has 0 aromatic carbocycles. The molecule has 1 spiro atoms. The number of nitrogens with zero attached hydrogens (tertiary/aromatic N) is 1. The Balaban J connectivity index is 1.47. The third kappa shape index (κ3) is 1.95. The molecule has 80 valence electrons. The van der Waals surface area contributed by atoms with Gasteiger partial charge < -0.3 is 10.2 Å². The van der Waals surface area contributed by atoms with Crippen LogP contribution < -0.4 is 5.32 Å². The molecule has 3 heteroatoms. The molecule has 1 atom stereocenters. The van der Waals surface area contributed by atoms with Crippen molar-refractivity contribution in [1.29, 1.82) is 0 Å². The van der Waals surface area contributed by atoms with Gasteiger partial charge in [-0.2, -0.15) is 11.8 Å². The summed E-state index contributed by atoms with van der Waals surface area (Å²) in [5, 5.41) is 3.63. The highest BCUT2D eigenvalue weighted by Crippen LogP contribution is 2.52. The van der Waals surface area contributed by atoms with Crippen LogP contribution in [-0.4, -0.2) is 48.6 Å². The van der Waals surface area contributed by atoms with Crippen LogP contribution in [0.3, 0.4) is 0 Å². The van der Waals surface area contributed by atoms with Crippen LogP contribution in [-0.2, 0) is 0 Å². The Bertz CT molecular complexity index is 209. The van der Waals surface area contributed by atoms with Crippen molar-refractivity contribution in [3.8, 4) is 0 Å². The fraction of sp³-hybridized carbons (Fsp3) is 1.00. The van der Waals surface area contributed by atoms with Crippen LogP contribution in [0.25, 0.3) is 0 Å². The molecule has 2 heterocycles. The van der Waals surface area contributed by atoms with Crippen LogP contribution in [0.4, 0.5) is 0 Å². The average molecular weight is 212 g/mol. The first kappa shape index (κ1) is 9.49. The second-order valence-electron chi connectivity index (χ2n) is 5.21. The smallest absolute Gasteiger partial charge is 0.0285 e. The van der Waals surface area contributed by atoms with Crippen LogP contribution in [0.15, 0.2) is 0 Å². The van der Waals surface area contributed by atoms with E-state index in [1.54, 1.807) is 0 Å². The topological polar surface area (TPSA) is 15.3 Å². The third-order valence-corrected chi connectivity index (χ3v) is 5.08. The summed E-state index contributed by atoms with van der Waals surface area (Å²) in [5.41, 5.74) is 0.807. The lowest BCUT2D eigenvalue weighted by Crippen LogP contribution is -2.45. The zero-order valence-electron chi connectivity index (χ0n) is 8.80. The zero-order valence-corrected chi connectivity index (χ0v) is 9.61. The third-order valence-electron chi connectivity index (χ3n) is 3.95. The van der Waals surface area contributed by atoms with Gasteiger partial charge in [-0.3, -0.25) is 0 Å². The highest BCUT2D eigenvalue weighted by molar-refractivity contribution is 7.99. The largest absolute Gasteiger partial charge is 0.311 e. The Morgan fingerprint density at radius 2 is 2.29 bits per heavy atom. The van der Waals surface area contributed by atoms with Gasteiger partial charge in [-0.1, -0.05) is 0 Å². The summed E-state index contributed by atoms with van der Waals surface area (Å²) in [4.78, 5) is 2.69. The first-order valence-electron chi connectivity index (χ1n) is 5.90. The molecule has 14 heavy (non-hydrogen) atoms. The molecule has 1 N–H and O–H groups in total. The van der Waals surface area contributed by atoms with E-state index in [-0.39, 0.29) is 0 Å². The second kappa shape index (κ2) is 3.69. The Hall–Kier alpha value is 0.270. The minimum Gasteiger partial charge on any atom is -0.311 e. The van der Waals surface area contributed by atoms with Gasteiger partial charge >= 0.3 is 0 Å². The molecule has 2 aliphatic heterocycles. The lowest BCUT2D eigenvalue weighted by Gasteiger charge is -2.27. The van der Waals surface area contributed by atoms with E-state index in [9.17, 15) is 0 Å². The number of likely N-dealkylation sites (tertiary alicyclic amines) is 1. The maximum Gasteiger partial charge on any atom is 0.0285 e. The van der Waals surface area contributed by atoms with Crippen molar-refractivity contribution < 1.29 is 0 Å². The van der Waals surface area contributed by atoms with Crippen LogP contribution >= 0.6 is 11.8 Å².